The van der Waals surface area contributed by atoms with Crippen LogP contribution in [0.15, 0.2) is 24.4 Å². The number of fused-ring (bicyclic) bond motifs is 1. The highest BCUT2D eigenvalue weighted by atomic mass is 35.5. The van der Waals surface area contributed by atoms with Crippen LogP contribution in [0.5, 0.6) is 0 Å². The number of anilines is 1. The van der Waals surface area contributed by atoms with Crippen LogP contribution in [-0.4, -0.2) is 4.98 Å². The van der Waals surface area contributed by atoms with Gasteiger partial charge in [-0.05, 0) is 24.6 Å². The van der Waals surface area contributed by atoms with Gasteiger partial charge in [-0.25, -0.2) is 0 Å². The molecule has 0 spiro atoms. The van der Waals surface area contributed by atoms with E-state index < -0.39 is 0 Å². The number of pyridine rings is 1. The Labute approximate surface area is 106 Å². The Morgan fingerprint density at radius 1 is 1.27 bits per heavy atom. The monoisotopic (exact) mass is 264 g/mol. The predicted molar refractivity (Wildman–Crippen MR) is 70.4 cm³/mol. The maximum atomic E-state index is 6.01. The summed E-state index contributed by atoms with van der Waals surface area (Å²) in [5.74, 6) is 0. The molecule has 0 amide bonds. The summed E-state index contributed by atoms with van der Waals surface area (Å²) in [6.07, 6.45) is 1.64. The molecule has 0 saturated heterocycles. The molecule has 15 heavy (non-hydrogen) atoms. The number of hydrogen-bond acceptors (Lipinski definition) is 2. The van der Waals surface area contributed by atoms with E-state index in [0.717, 1.165) is 16.5 Å². The zero-order valence-electron chi connectivity index (χ0n) is 8.03. The van der Waals surface area contributed by atoms with Crippen LogP contribution in [0.4, 0.5) is 5.69 Å². The molecule has 0 bridgehead atoms. The summed E-state index contributed by atoms with van der Waals surface area (Å²) in [6, 6.07) is 5.66. The second-order valence-electron chi connectivity index (χ2n) is 3.03. The minimum atomic E-state index is 0. The third-order valence-corrected chi connectivity index (χ3v) is 2.35. The number of benzene rings is 1. The summed E-state index contributed by atoms with van der Waals surface area (Å²) < 4.78 is 0. The number of aryl methyl sites for hydroxylation is 1. The van der Waals surface area contributed by atoms with Gasteiger partial charge >= 0.3 is 0 Å². The molecular weight excluding hydrogens is 254 g/mol. The zero-order chi connectivity index (χ0) is 9.42. The Kier molecular flexibility index (Phi) is 5.15. The first kappa shape index (κ1) is 14.3. The maximum Gasteiger partial charge on any atom is 0.0747 e. The van der Waals surface area contributed by atoms with Crippen molar-refractivity contribution in [2.45, 2.75) is 6.92 Å². The Bertz CT molecular complexity index is 471. The van der Waals surface area contributed by atoms with Gasteiger partial charge in [0.1, 0.15) is 0 Å². The lowest BCUT2D eigenvalue weighted by molar-refractivity contribution is 1.37. The van der Waals surface area contributed by atoms with E-state index in [4.69, 9.17) is 17.3 Å². The van der Waals surface area contributed by atoms with Crippen molar-refractivity contribution in [3.8, 4) is 0 Å². The maximum absolute atomic E-state index is 6.01. The summed E-state index contributed by atoms with van der Waals surface area (Å²) in [5, 5.41) is 1.61. The van der Waals surface area contributed by atoms with Gasteiger partial charge in [0, 0.05) is 5.39 Å². The van der Waals surface area contributed by atoms with E-state index in [1.54, 1.807) is 6.20 Å². The van der Waals surface area contributed by atoms with Crippen LogP contribution in [0.2, 0.25) is 5.02 Å². The highest BCUT2D eigenvalue weighted by molar-refractivity contribution is 6.35. The number of nitrogens with zero attached hydrogens (tertiary/aromatic N) is 1. The van der Waals surface area contributed by atoms with Crippen molar-refractivity contribution >= 4 is 53.0 Å². The third-order valence-electron chi connectivity index (χ3n) is 2.02. The molecule has 0 radical (unpaired) electrons. The lowest BCUT2D eigenvalue weighted by Crippen LogP contribution is -1.89. The predicted octanol–water partition coefficient (Wildman–Crippen LogP) is 3.62. The summed E-state index contributed by atoms with van der Waals surface area (Å²) in [7, 11) is 0. The van der Waals surface area contributed by atoms with Gasteiger partial charge in [-0.15, -0.1) is 24.8 Å². The molecule has 2 aromatic rings. The molecule has 5 heteroatoms. The first-order valence-electron chi connectivity index (χ1n) is 3.99. The molecule has 0 saturated carbocycles. The van der Waals surface area contributed by atoms with E-state index in [-0.39, 0.29) is 24.8 Å². The fraction of sp³-hybridized carbons (Fsp3) is 0.100. The zero-order valence-corrected chi connectivity index (χ0v) is 10.4. The molecule has 2 nitrogen and oxygen atoms in total. The first-order chi connectivity index (χ1) is 6.18. The van der Waals surface area contributed by atoms with Crippen LogP contribution in [-0.2, 0) is 0 Å². The number of rotatable bonds is 0. The Hall–Kier alpha value is -0.700. The molecule has 0 aliphatic carbocycles. The van der Waals surface area contributed by atoms with Gasteiger partial charge in [-0.3, -0.25) is 4.98 Å². The number of halogens is 3. The van der Waals surface area contributed by atoms with Crippen LogP contribution in [0.1, 0.15) is 5.56 Å². The average molecular weight is 266 g/mol. The van der Waals surface area contributed by atoms with Gasteiger partial charge in [0.15, 0.2) is 0 Å². The van der Waals surface area contributed by atoms with E-state index in [9.17, 15) is 0 Å². The van der Waals surface area contributed by atoms with Crippen LogP contribution in [0.25, 0.3) is 10.9 Å². The Balaban J connectivity index is 0.000000980. The average Bonchev–Trinajstić information content (AvgIpc) is 2.12. The van der Waals surface area contributed by atoms with Crippen LogP contribution < -0.4 is 5.73 Å². The topological polar surface area (TPSA) is 38.9 Å². The lowest BCUT2D eigenvalue weighted by atomic mass is 10.1. The highest BCUT2D eigenvalue weighted by Gasteiger charge is 2.02. The molecule has 2 N–H and O–H groups in total. The minimum absolute atomic E-state index is 0. The van der Waals surface area contributed by atoms with Gasteiger partial charge in [0.25, 0.3) is 0 Å². The molecule has 1 aromatic heterocycles. The van der Waals surface area contributed by atoms with Crippen molar-refractivity contribution in [3.05, 3.63) is 35.0 Å². The molecule has 2 rings (SSSR count). The quantitative estimate of drug-likeness (QED) is 0.790. The molecule has 0 atom stereocenters. The van der Waals surface area contributed by atoms with Gasteiger partial charge in [0.05, 0.1) is 22.4 Å². The highest BCUT2D eigenvalue weighted by Crippen LogP contribution is 2.25. The molecule has 0 unspecified atom stereocenters. The van der Waals surface area contributed by atoms with E-state index in [2.05, 4.69) is 4.98 Å². The molecule has 0 aliphatic rings. The smallest absolute Gasteiger partial charge is 0.0747 e. The van der Waals surface area contributed by atoms with Crippen molar-refractivity contribution < 1.29 is 0 Å². The Morgan fingerprint density at radius 3 is 2.60 bits per heavy atom. The fourth-order valence-corrected chi connectivity index (χ4v) is 1.55. The van der Waals surface area contributed by atoms with Crippen molar-refractivity contribution in [2.24, 2.45) is 0 Å². The normalized spacial score (nSPS) is 9.20. The molecular formula is C10H11Cl3N2. The molecule has 82 valence electrons. The summed E-state index contributed by atoms with van der Waals surface area (Å²) in [4.78, 5) is 4.23. The van der Waals surface area contributed by atoms with Crippen LogP contribution in [0, 0.1) is 6.92 Å². The van der Waals surface area contributed by atoms with Crippen molar-refractivity contribution in [2.75, 3.05) is 5.73 Å². The van der Waals surface area contributed by atoms with Gasteiger partial charge in [-0.1, -0.05) is 17.7 Å². The lowest BCUT2D eigenvalue weighted by Gasteiger charge is -2.03. The molecule has 1 heterocycles. The minimum Gasteiger partial charge on any atom is -0.397 e. The largest absolute Gasteiger partial charge is 0.397 e. The first-order valence-corrected chi connectivity index (χ1v) is 4.36. The van der Waals surface area contributed by atoms with E-state index >= 15 is 0 Å². The second kappa shape index (κ2) is 5.40. The number of aromatic nitrogens is 1. The van der Waals surface area contributed by atoms with Gasteiger partial charge in [-0.2, -0.15) is 0 Å². The molecule has 1 aromatic carbocycles. The van der Waals surface area contributed by atoms with Crippen LogP contribution >= 0.6 is 36.4 Å². The number of hydrogen-bond donors (Lipinski definition) is 1. The number of nitrogens with two attached hydrogens (primary N) is 1. The SMILES string of the molecule is Cc1ccc(Cl)c2cc(N)cnc12.Cl.Cl. The number of nitrogen functional groups attached to an aromatic ring is 1. The van der Waals surface area contributed by atoms with Crippen molar-refractivity contribution in [1.82, 2.24) is 4.98 Å². The summed E-state index contributed by atoms with van der Waals surface area (Å²) >= 11 is 6.01. The molecule has 0 aliphatic heterocycles. The third kappa shape index (κ3) is 2.65. The van der Waals surface area contributed by atoms with E-state index in [0.29, 0.717) is 10.7 Å². The fourth-order valence-electron chi connectivity index (χ4n) is 1.34. The molecule has 0 fully saturated rings. The Morgan fingerprint density at radius 2 is 1.93 bits per heavy atom. The van der Waals surface area contributed by atoms with E-state index in [1.165, 1.54) is 0 Å². The van der Waals surface area contributed by atoms with Gasteiger partial charge in [0.2, 0.25) is 0 Å². The van der Waals surface area contributed by atoms with Crippen molar-refractivity contribution in [1.29, 1.82) is 0 Å². The summed E-state index contributed by atoms with van der Waals surface area (Å²) in [5.41, 5.74) is 8.29. The van der Waals surface area contributed by atoms with Crippen LogP contribution in [0.3, 0.4) is 0 Å². The van der Waals surface area contributed by atoms with E-state index in [1.807, 2.05) is 25.1 Å². The summed E-state index contributed by atoms with van der Waals surface area (Å²) in [6.45, 7) is 2.00. The second-order valence-corrected chi connectivity index (χ2v) is 3.44. The van der Waals surface area contributed by atoms with Gasteiger partial charge < -0.3 is 5.73 Å². The standard InChI is InChI=1S/C10H9ClN2.2ClH/c1-6-2-3-9(11)8-4-7(12)5-13-10(6)8;;/h2-5H,12H2,1H3;2*1H. The van der Waals surface area contributed by atoms with Crippen molar-refractivity contribution in [3.63, 3.8) is 0 Å².